The van der Waals surface area contributed by atoms with E-state index in [1.165, 1.54) is 12.0 Å². The van der Waals surface area contributed by atoms with E-state index in [0.29, 0.717) is 22.9 Å². The van der Waals surface area contributed by atoms with Gasteiger partial charge in [-0.1, -0.05) is 11.6 Å². The van der Waals surface area contributed by atoms with Gasteiger partial charge in [0.25, 0.3) is 5.91 Å². The summed E-state index contributed by atoms with van der Waals surface area (Å²) in [5.74, 6) is -0.0851. The number of methoxy groups -OCH3 is 1. The lowest BCUT2D eigenvalue weighted by molar-refractivity contribution is -0.122. The van der Waals surface area contributed by atoms with Gasteiger partial charge in [0, 0.05) is 6.54 Å². The van der Waals surface area contributed by atoms with Crippen LogP contribution in [0.3, 0.4) is 0 Å². The maximum atomic E-state index is 12.1. The molecule has 0 aromatic heterocycles. The molecule has 0 atom stereocenters. The average molecular weight is 313 g/mol. The molecule has 1 aromatic carbocycles. The van der Waals surface area contributed by atoms with Gasteiger partial charge < -0.3 is 15.2 Å². The van der Waals surface area contributed by atoms with Crippen LogP contribution in [0.5, 0.6) is 11.5 Å². The fraction of sp³-hybridized carbons (Fsp3) is 0.231. The number of rotatable bonds is 3. The Morgan fingerprint density at radius 1 is 1.55 bits per heavy atom. The lowest BCUT2D eigenvalue weighted by Crippen LogP contribution is -2.30. The molecule has 1 aromatic rings. The molecule has 7 heteroatoms. The first kappa shape index (κ1) is 14.6. The molecular formula is C13H13ClN2O3S. The topological polar surface area (TPSA) is 61.8 Å². The molecule has 1 heterocycles. The molecule has 20 heavy (non-hydrogen) atoms. The zero-order valence-corrected chi connectivity index (χ0v) is 12.5. The fourth-order valence-corrected chi connectivity index (χ4v) is 2.40. The van der Waals surface area contributed by atoms with Gasteiger partial charge in [-0.25, -0.2) is 0 Å². The highest BCUT2D eigenvalue weighted by Gasteiger charge is 2.29. The summed E-state index contributed by atoms with van der Waals surface area (Å²) in [7, 11) is 1.43. The molecule has 0 unspecified atom stereocenters. The second-order valence-corrected chi connectivity index (χ2v) is 4.89. The summed E-state index contributed by atoms with van der Waals surface area (Å²) in [6.07, 6.45) is 1.61. The zero-order valence-electron chi connectivity index (χ0n) is 10.9. The minimum Gasteiger partial charge on any atom is -0.503 e. The molecule has 5 nitrogen and oxygen atoms in total. The molecule has 2 N–H and O–H groups in total. The van der Waals surface area contributed by atoms with Crippen LogP contribution in [-0.2, 0) is 4.79 Å². The Bertz CT molecular complexity index is 616. The van der Waals surface area contributed by atoms with Crippen molar-refractivity contribution in [3.63, 3.8) is 0 Å². The first-order valence-corrected chi connectivity index (χ1v) is 6.67. The number of hydrogen-bond donors (Lipinski definition) is 2. The van der Waals surface area contributed by atoms with Gasteiger partial charge in [-0.15, -0.1) is 0 Å². The average Bonchev–Trinajstić information content (AvgIpc) is 2.68. The molecule has 0 aliphatic carbocycles. The van der Waals surface area contributed by atoms with Crippen LogP contribution in [0.1, 0.15) is 12.5 Å². The van der Waals surface area contributed by atoms with Crippen LogP contribution in [0.15, 0.2) is 17.8 Å². The van der Waals surface area contributed by atoms with E-state index >= 15 is 0 Å². The number of ether oxygens (including phenoxy) is 1. The number of nitrogens with one attached hydrogen (secondary N) is 1. The summed E-state index contributed by atoms with van der Waals surface area (Å²) in [6.45, 7) is 2.34. The van der Waals surface area contributed by atoms with Gasteiger partial charge in [-0.2, -0.15) is 0 Å². The number of phenolic OH excluding ortho intramolecular Hbond substituents is 1. The van der Waals surface area contributed by atoms with Crippen molar-refractivity contribution in [2.45, 2.75) is 6.92 Å². The maximum Gasteiger partial charge on any atom is 0.276 e. The van der Waals surface area contributed by atoms with Gasteiger partial charge in [-0.3, -0.25) is 9.69 Å². The van der Waals surface area contributed by atoms with Gasteiger partial charge in [-0.05, 0) is 42.9 Å². The predicted molar refractivity (Wildman–Crippen MR) is 80.8 cm³/mol. The van der Waals surface area contributed by atoms with Crippen molar-refractivity contribution in [1.82, 2.24) is 10.2 Å². The van der Waals surface area contributed by atoms with E-state index in [2.05, 4.69) is 5.32 Å². The Morgan fingerprint density at radius 3 is 2.80 bits per heavy atom. The number of halogens is 1. The normalized spacial score (nSPS) is 16.8. The van der Waals surface area contributed by atoms with Gasteiger partial charge in [0.1, 0.15) is 5.70 Å². The number of nitrogens with zero attached hydrogens (tertiary/aromatic N) is 1. The van der Waals surface area contributed by atoms with Gasteiger partial charge >= 0.3 is 0 Å². The molecule has 1 aliphatic heterocycles. The van der Waals surface area contributed by atoms with Crippen LogP contribution in [0.4, 0.5) is 0 Å². The van der Waals surface area contributed by atoms with Crippen molar-refractivity contribution >= 4 is 40.9 Å². The van der Waals surface area contributed by atoms with Crippen molar-refractivity contribution < 1.29 is 14.6 Å². The zero-order chi connectivity index (χ0) is 14.9. The Hall–Kier alpha value is -1.79. The van der Waals surface area contributed by atoms with E-state index in [1.807, 2.05) is 6.92 Å². The summed E-state index contributed by atoms with van der Waals surface area (Å²) in [6, 6.07) is 3.12. The van der Waals surface area contributed by atoms with Gasteiger partial charge in [0.05, 0.1) is 12.1 Å². The van der Waals surface area contributed by atoms with Crippen molar-refractivity contribution in [2.24, 2.45) is 0 Å². The largest absolute Gasteiger partial charge is 0.503 e. The molecule has 0 spiro atoms. The first-order valence-electron chi connectivity index (χ1n) is 5.89. The van der Waals surface area contributed by atoms with Crippen molar-refractivity contribution in [2.75, 3.05) is 13.7 Å². The number of thiocarbonyl (C=S) groups is 1. The minimum atomic E-state index is -0.194. The number of carbonyl (C=O) groups excluding carboxylic acids is 1. The fourth-order valence-electron chi connectivity index (χ4n) is 1.86. The highest BCUT2D eigenvalue weighted by atomic mass is 35.5. The SMILES string of the molecule is CCN1C(=O)/C(=C/c2cc(Cl)c(O)c(OC)c2)NC1=S. The quantitative estimate of drug-likeness (QED) is 0.661. The smallest absolute Gasteiger partial charge is 0.276 e. The highest BCUT2D eigenvalue weighted by Crippen LogP contribution is 2.35. The third kappa shape index (κ3) is 2.57. The van der Waals surface area contributed by atoms with Crippen LogP contribution in [0.2, 0.25) is 5.02 Å². The van der Waals surface area contributed by atoms with E-state index in [9.17, 15) is 9.90 Å². The predicted octanol–water partition coefficient (Wildman–Crippen LogP) is 2.13. The van der Waals surface area contributed by atoms with E-state index in [1.54, 1.807) is 18.2 Å². The molecule has 1 amide bonds. The molecule has 0 bridgehead atoms. The van der Waals surface area contributed by atoms with Crippen LogP contribution in [-0.4, -0.2) is 34.7 Å². The van der Waals surface area contributed by atoms with Gasteiger partial charge in [0.2, 0.25) is 0 Å². The lowest BCUT2D eigenvalue weighted by atomic mass is 10.1. The highest BCUT2D eigenvalue weighted by molar-refractivity contribution is 7.80. The van der Waals surface area contributed by atoms with Crippen LogP contribution >= 0.6 is 23.8 Å². The Labute approximate surface area is 126 Å². The molecule has 1 fully saturated rings. The van der Waals surface area contributed by atoms with Crippen LogP contribution < -0.4 is 10.1 Å². The van der Waals surface area contributed by atoms with Crippen LogP contribution in [0, 0.1) is 0 Å². The van der Waals surface area contributed by atoms with Crippen molar-refractivity contribution in [3.8, 4) is 11.5 Å². The molecule has 2 rings (SSSR count). The number of likely N-dealkylation sites (N-methyl/N-ethyl adjacent to an activating group) is 1. The van der Waals surface area contributed by atoms with Crippen LogP contribution in [0.25, 0.3) is 6.08 Å². The first-order chi connectivity index (χ1) is 9.47. The molecule has 1 saturated heterocycles. The molecule has 0 saturated carbocycles. The number of phenols is 1. The molecular weight excluding hydrogens is 300 g/mol. The van der Waals surface area contributed by atoms with Crippen molar-refractivity contribution in [3.05, 3.63) is 28.4 Å². The standard InChI is InChI=1S/C13H13ClN2O3S/c1-3-16-12(18)9(15-13(16)20)5-7-4-8(14)11(17)10(6-7)19-2/h4-6,17H,3H2,1-2H3,(H,15,20)/b9-5-. The summed E-state index contributed by atoms with van der Waals surface area (Å²) < 4.78 is 5.02. The summed E-state index contributed by atoms with van der Waals surface area (Å²) in [4.78, 5) is 13.5. The van der Waals surface area contributed by atoms with Gasteiger partial charge in [0.15, 0.2) is 16.6 Å². The second kappa shape index (κ2) is 5.68. The number of carbonyl (C=O) groups is 1. The summed E-state index contributed by atoms with van der Waals surface area (Å²) in [5.41, 5.74) is 0.988. The number of benzene rings is 1. The van der Waals surface area contributed by atoms with E-state index in [4.69, 9.17) is 28.6 Å². The van der Waals surface area contributed by atoms with E-state index in [0.717, 1.165) is 0 Å². The number of aromatic hydroxyl groups is 1. The maximum absolute atomic E-state index is 12.1. The molecule has 106 valence electrons. The Balaban J connectivity index is 2.39. The minimum absolute atomic E-state index is 0.132. The molecule has 1 aliphatic rings. The van der Waals surface area contributed by atoms with E-state index in [-0.39, 0.29) is 22.4 Å². The number of hydrogen-bond acceptors (Lipinski definition) is 4. The third-order valence-electron chi connectivity index (χ3n) is 2.86. The number of amides is 1. The monoisotopic (exact) mass is 312 g/mol. The van der Waals surface area contributed by atoms with E-state index < -0.39 is 0 Å². The lowest BCUT2D eigenvalue weighted by Gasteiger charge is -2.09. The second-order valence-electron chi connectivity index (χ2n) is 4.09. The summed E-state index contributed by atoms with van der Waals surface area (Å²) >= 11 is 11.0. The molecule has 0 radical (unpaired) electrons. The third-order valence-corrected chi connectivity index (χ3v) is 3.47. The summed E-state index contributed by atoms with van der Waals surface area (Å²) in [5, 5.41) is 13.0. The Morgan fingerprint density at radius 2 is 2.25 bits per heavy atom. The van der Waals surface area contributed by atoms with Crippen molar-refractivity contribution in [1.29, 1.82) is 0 Å². The Kier molecular flexibility index (Phi) is 4.15.